The van der Waals surface area contributed by atoms with Gasteiger partial charge in [-0.25, -0.2) is 0 Å². The van der Waals surface area contributed by atoms with E-state index in [-0.39, 0.29) is 0 Å². The van der Waals surface area contributed by atoms with Crippen LogP contribution in [0.5, 0.6) is 0 Å². The van der Waals surface area contributed by atoms with Gasteiger partial charge in [0.2, 0.25) is 11.8 Å². The van der Waals surface area contributed by atoms with Gasteiger partial charge in [0.25, 0.3) is 0 Å². The van der Waals surface area contributed by atoms with Crippen molar-refractivity contribution in [2.45, 2.75) is 6.92 Å². The van der Waals surface area contributed by atoms with Crippen LogP contribution in [0.1, 0.15) is 5.69 Å². The molecule has 0 unspecified atom stereocenters. The molecule has 7 aromatic rings. The van der Waals surface area contributed by atoms with Gasteiger partial charge in [-0.3, -0.25) is 4.98 Å². The lowest BCUT2D eigenvalue weighted by Gasteiger charge is -2.17. The number of benzene rings is 5. The fourth-order valence-electron chi connectivity index (χ4n) is 5.18. The second kappa shape index (κ2) is 9.09. The highest BCUT2D eigenvalue weighted by Crippen LogP contribution is 2.43. The molecule has 4 heteroatoms. The first-order valence-electron chi connectivity index (χ1n) is 12.6. The van der Waals surface area contributed by atoms with Crippen molar-refractivity contribution < 1.29 is 4.42 Å². The number of hydrogen-bond donors (Lipinski definition) is 0. The summed E-state index contributed by atoms with van der Waals surface area (Å²) in [6.45, 7) is 2.02. The molecule has 0 aliphatic heterocycles. The molecule has 0 bridgehead atoms. The Hall–Kier alpha value is -5.09. The van der Waals surface area contributed by atoms with Crippen molar-refractivity contribution in [3.8, 4) is 45.2 Å². The highest BCUT2D eigenvalue weighted by Gasteiger charge is 2.17. The summed E-state index contributed by atoms with van der Waals surface area (Å²) < 4.78 is 5.99. The Morgan fingerprint density at radius 1 is 0.447 bits per heavy atom. The van der Waals surface area contributed by atoms with Crippen LogP contribution in [0.15, 0.2) is 126 Å². The highest BCUT2D eigenvalue weighted by molar-refractivity contribution is 6.21. The third-order valence-electron chi connectivity index (χ3n) is 7.00. The van der Waals surface area contributed by atoms with E-state index in [0.29, 0.717) is 11.8 Å². The summed E-state index contributed by atoms with van der Waals surface area (Å²) in [4.78, 5) is 4.59. The van der Waals surface area contributed by atoms with Crippen LogP contribution in [0.3, 0.4) is 0 Å². The van der Waals surface area contributed by atoms with E-state index >= 15 is 0 Å². The van der Waals surface area contributed by atoms with Crippen molar-refractivity contribution in [2.24, 2.45) is 0 Å². The molecule has 0 atom stereocenters. The van der Waals surface area contributed by atoms with Crippen LogP contribution in [-0.4, -0.2) is 15.2 Å². The minimum absolute atomic E-state index is 0.507. The molecule has 0 N–H and O–H groups in total. The maximum Gasteiger partial charge on any atom is 0.248 e. The molecule has 2 aromatic heterocycles. The van der Waals surface area contributed by atoms with Crippen LogP contribution >= 0.6 is 0 Å². The van der Waals surface area contributed by atoms with Gasteiger partial charge in [0, 0.05) is 28.6 Å². The third kappa shape index (κ3) is 3.75. The molecule has 7 rings (SSSR count). The first-order chi connectivity index (χ1) is 18.8. The average molecular weight is 490 g/mol. The summed E-state index contributed by atoms with van der Waals surface area (Å²) in [6.07, 6.45) is 1.98. The number of nitrogens with zero attached hydrogens (tertiary/aromatic N) is 3. The predicted octanol–water partition coefficient (Wildman–Crippen LogP) is 8.75. The average Bonchev–Trinajstić information content (AvgIpc) is 3.48. The van der Waals surface area contributed by atoms with E-state index in [0.717, 1.165) is 27.9 Å². The highest BCUT2D eigenvalue weighted by atomic mass is 16.4. The molecule has 0 saturated heterocycles. The first kappa shape index (κ1) is 22.1. The Kier molecular flexibility index (Phi) is 5.30. The van der Waals surface area contributed by atoms with Gasteiger partial charge in [0.05, 0.1) is 0 Å². The summed E-state index contributed by atoms with van der Waals surface area (Å²) in [5.41, 5.74) is 7.48. The van der Waals surface area contributed by atoms with E-state index in [4.69, 9.17) is 4.42 Å². The first-order valence-corrected chi connectivity index (χ1v) is 12.6. The molecule has 4 nitrogen and oxygen atoms in total. The molecule has 0 aliphatic rings. The van der Waals surface area contributed by atoms with Crippen molar-refractivity contribution in [3.63, 3.8) is 0 Å². The van der Waals surface area contributed by atoms with Crippen molar-refractivity contribution in [1.29, 1.82) is 0 Å². The lowest BCUT2D eigenvalue weighted by atomic mass is 9.86. The minimum Gasteiger partial charge on any atom is -0.416 e. The standard InChI is InChI=1S/C34H23N3O/c1-22-15-16-26(21-35-22)32-29-13-7-5-11-27(29)31(28-12-6-8-14-30(28)32)23-17-19-25(20-18-23)34-37-36-33(38-34)24-9-3-2-4-10-24/h2-21H,1H3. The topological polar surface area (TPSA) is 51.8 Å². The summed E-state index contributed by atoms with van der Waals surface area (Å²) in [5.74, 6) is 1.02. The van der Waals surface area contributed by atoms with Crippen molar-refractivity contribution >= 4 is 21.5 Å². The van der Waals surface area contributed by atoms with Gasteiger partial charge in [-0.15, -0.1) is 10.2 Å². The quantitative estimate of drug-likeness (QED) is 0.232. The molecule has 2 heterocycles. The number of pyridine rings is 1. The van der Waals surface area contributed by atoms with Gasteiger partial charge in [-0.2, -0.15) is 0 Å². The van der Waals surface area contributed by atoms with Crippen LogP contribution in [0.2, 0.25) is 0 Å². The summed E-state index contributed by atoms with van der Waals surface area (Å²) in [7, 11) is 0. The number of fused-ring (bicyclic) bond motifs is 2. The van der Waals surface area contributed by atoms with E-state index in [1.807, 2.05) is 43.5 Å². The minimum atomic E-state index is 0.507. The Morgan fingerprint density at radius 3 is 1.42 bits per heavy atom. The summed E-state index contributed by atoms with van der Waals surface area (Å²) in [5, 5.41) is 13.4. The van der Waals surface area contributed by atoms with E-state index in [1.165, 1.54) is 32.7 Å². The molecular formula is C34H23N3O. The molecule has 0 saturated carbocycles. The van der Waals surface area contributed by atoms with E-state index in [1.54, 1.807) is 0 Å². The summed E-state index contributed by atoms with van der Waals surface area (Å²) in [6, 6.07) is 39.7. The van der Waals surface area contributed by atoms with Gasteiger partial charge in [0.1, 0.15) is 0 Å². The Balaban J connectivity index is 1.38. The van der Waals surface area contributed by atoms with Crippen LogP contribution in [0.25, 0.3) is 66.7 Å². The van der Waals surface area contributed by atoms with Crippen molar-refractivity contribution in [3.05, 3.63) is 127 Å². The molecule has 0 spiro atoms. The van der Waals surface area contributed by atoms with Gasteiger partial charge in [-0.1, -0.05) is 84.9 Å². The second-order valence-corrected chi connectivity index (χ2v) is 9.39. The van der Waals surface area contributed by atoms with Crippen molar-refractivity contribution in [2.75, 3.05) is 0 Å². The van der Waals surface area contributed by atoms with Gasteiger partial charge in [-0.05, 0) is 75.5 Å². The lowest BCUT2D eigenvalue weighted by molar-refractivity contribution is 0.584. The van der Waals surface area contributed by atoms with Gasteiger partial charge in [0.15, 0.2) is 0 Å². The zero-order chi connectivity index (χ0) is 25.5. The Bertz CT molecular complexity index is 1850. The molecule has 0 aliphatic carbocycles. The molecule has 180 valence electrons. The maximum atomic E-state index is 5.99. The monoisotopic (exact) mass is 489 g/mol. The van der Waals surface area contributed by atoms with Crippen molar-refractivity contribution in [1.82, 2.24) is 15.2 Å². The SMILES string of the molecule is Cc1ccc(-c2c3ccccc3c(-c3ccc(-c4nnc(-c5ccccc5)o4)cc3)c3ccccc23)cn1. The Morgan fingerprint density at radius 2 is 0.895 bits per heavy atom. The zero-order valence-corrected chi connectivity index (χ0v) is 20.8. The van der Waals surface area contributed by atoms with E-state index in [9.17, 15) is 0 Å². The zero-order valence-electron chi connectivity index (χ0n) is 20.8. The number of rotatable bonds is 4. The van der Waals surface area contributed by atoms with Crippen LogP contribution in [0, 0.1) is 6.92 Å². The third-order valence-corrected chi connectivity index (χ3v) is 7.00. The predicted molar refractivity (Wildman–Crippen MR) is 154 cm³/mol. The van der Waals surface area contributed by atoms with Crippen LogP contribution < -0.4 is 0 Å². The van der Waals surface area contributed by atoms with Crippen LogP contribution in [-0.2, 0) is 0 Å². The van der Waals surface area contributed by atoms with Gasteiger partial charge < -0.3 is 4.42 Å². The number of hydrogen-bond acceptors (Lipinski definition) is 4. The molecule has 0 amide bonds. The van der Waals surface area contributed by atoms with E-state index in [2.05, 4.69) is 100 Å². The molecule has 5 aromatic carbocycles. The smallest absolute Gasteiger partial charge is 0.248 e. The molecule has 0 fully saturated rings. The second-order valence-electron chi connectivity index (χ2n) is 9.39. The molecule has 38 heavy (non-hydrogen) atoms. The lowest BCUT2D eigenvalue weighted by Crippen LogP contribution is -1.91. The number of aromatic nitrogens is 3. The largest absolute Gasteiger partial charge is 0.416 e. The number of aryl methyl sites for hydroxylation is 1. The van der Waals surface area contributed by atoms with E-state index < -0.39 is 0 Å². The summed E-state index contributed by atoms with van der Waals surface area (Å²) >= 11 is 0. The fraction of sp³-hybridized carbons (Fsp3) is 0.0294. The maximum absolute atomic E-state index is 5.99. The fourth-order valence-corrected chi connectivity index (χ4v) is 5.18. The van der Waals surface area contributed by atoms with Crippen LogP contribution in [0.4, 0.5) is 0 Å². The normalized spacial score (nSPS) is 11.3. The van der Waals surface area contributed by atoms with Gasteiger partial charge >= 0.3 is 0 Å². The molecular weight excluding hydrogens is 466 g/mol. The Labute approximate surface area is 220 Å². The molecule has 0 radical (unpaired) electrons.